The smallest absolute Gasteiger partial charge is 0.260 e. The van der Waals surface area contributed by atoms with E-state index in [4.69, 9.17) is 23.2 Å². The molecule has 0 spiro atoms. The maximum Gasteiger partial charge on any atom is 0.260 e. The van der Waals surface area contributed by atoms with Gasteiger partial charge < -0.3 is 4.90 Å². The fourth-order valence-electron chi connectivity index (χ4n) is 2.03. The average Bonchev–Trinajstić information content (AvgIpc) is 2.86. The minimum atomic E-state index is -0.106. The van der Waals surface area contributed by atoms with Gasteiger partial charge in [0.2, 0.25) is 0 Å². The van der Waals surface area contributed by atoms with Gasteiger partial charge in [-0.1, -0.05) is 29.3 Å². The van der Waals surface area contributed by atoms with Crippen LogP contribution >= 0.6 is 34.5 Å². The molecule has 2 nitrogen and oxygen atoms in total. The Kier molecular flexibility index (Phi) is 3.35. The monoisotopic (exact) mass is 309 g/mol. The lowest BCUT2D eigenvalue weighted by Crippen LogP contribution is -2.32. The second-order valence-corrected chi connectivity index (χ2v) is 5.90. The quantitative estimate of drug-likeness (QED) is 0.746. The summed E-state index contributed by atoms with van der Waals surface area (Å²) < 4.78 is 0. The van der Waals surface area contributed by atoms with E-state index in [1.165, 1.54) is 0 Å². The largest absolute Gasteiger partial charge is 0.303 e. The first-order valence-corrected chi connectivity index (χ1v) is 7.31. The molecule has 2 aromatic rings. The predicted octanol–water partition coefficient (Wildman–Crippen LogP) is 4.73. The molecule has 0 saturated heterocycles. The van der Waals surface area contributed by atoms with E-state index >= 15 is 0 Å². The van der Waals surface area contributed by atoms with E-state index in [0.29, 0.717) is 22.2 Å². The van der Waals surface area contributed by atoms with E-state index in [1.807, 2.05) is 23.6 Å². The maximum absolute atomic E-state index is 12.6. The molecule has 0 radical (unpaired) electrons. The fourth-order valence-corrected chi connectivity index (χ4v) is 3.33. The summed E-state index contributed by atoms with van der Waals surface area (Å²) in [6.07, 6.45) is 4.01. The van der Waals surface area contributed by atoms with Crippen LogP contribution in [-0.2, 0) is 0 Å². The molecule has 2 heterocycles. The number of rotatable bonds is 1. The highest BCUT2D eigenvalue weighted by Crippen LogP contribution is 2.33. The highest BCUT2D eigenvalue weighted by atomic mass is 35.5. The van der Waals surface area contributed by atoms with Gasteiger partial charge >= 0.3 is 0 Å². The van der Waals surface area contributed by atoms with Gasteiger partial charge in [0.1, 0.15) is 0 Å². The van der Waals surface area contributed by atoms with Crippen molar-refractivity contribution in [2.24, 2.45) is 0 Å². The number of halogens is 2. The van der Waals surface area contributed by atoms with E-state index in [1.54, 1.807) is 34.4 Å². The molecule has 3 rings (SSSR count). The number of anilines is 1. The van der Waals surface area contributed by atoms with Crippen LogP contribution in [0, 0.1) is 0 Å². The van der Waals surface area contributed by atoms with Crippen LogP contribution in [0.1, 0.15) is 15.2 Å². The normalized spacial score (nSPS) is 13.5. The second kappa shape index (κ2) is 5.00. The summed E-state index contributed by atoms with van der Waals surface area (Å²) in [5.74, 6) is -0.106. The minimum Gasteiger partial charge on any atom is -0.303 e. The van der Waals surface area contributed by atoms with Gasteiger partial charge in [0.25, 0.3) is 5.91 Å². The SMILES string of the molecule is O=C(c1ccc(Cl)cc1Cl)N1CC=Cc2sccc21. The molecule has 96 valence electrons. The molecule has 5 heteroatoms. The van der Waals surface area contributed by atoms with Gasteiger partial charge in [-0.3, -0.25) is 4.79 Å². The molecule has 1 aliphatic rings. The summed E-state index contributed by atoms with van der Waals surface area (Å²) in [4.78, 5) is 15.4. The number of amides is 1. The topological polar surface area (TPSA) is 20.3 Å². The van der Waals surface area contributed by atoms with E-state index < -0.39 is 0 Å². The molecule has 1 aromatic heterocycles. The number of carbonyl (C=O) groups excluding carboxylic acids is 1. The molecule has 0 atom stereocenters. The number of fused-ring (bicyclic) bond motifs is 1. The standard InChI is InChI=1S/C14H9Cl2NOS/c15-9-3-4-10(11(16)8-9)14(18)17-6-1-2-13-12(17)5-7-19-13/h1-5,7-8H,6H2. The summed E-state index contributed by atoms with van der Waals surface area (Å²) >= 11 is 13.6. The molecule has 0 bridgehead atoms. The number of carbonyl (C=O) groups is 1. The first-order valence-electron chi connectivity index (χ1n) is 5.68. The minimum absolute atomic E-state index is 0.106. The van der Waals surface area contributed by atoms with E-state index in [-0.39, 0.29) is 5.91 Å². The van der Waals surface area contributed by atoms with E-state index in [2.05, 4.69) is 0 Å². The van der Waals surface area contributed by atoms with Crippen molar-refractivity contribution in [3.63, 3.8) is 0 Å². The summed E-state index contributed by atoms with van der Waals surface area (Å²) in [7, 11) is 0. The Labute approximate surface area is 124 Å². The van der Waals surface area contributed by atoms with Crippen LogP contribution in [-0.4, -0.2) is 12.5 Å². The summed E-state index contributed by atoms with van der Waals surface area (Å²) in [6, 6.07) is 6.88. The lowest BCUT2D eigenvalue weighted by molar-refractivity contribution is 0.0989. The van der Waals surface area contributed by atoms with Crippen molar-refractivity contribution in [2.75, 3.05) is 11.4 Å². The van der Waals surface area contributed by atoms with Crippen molar-refractivity contribution in [3.05, 3.63) is 56.2 Å². The number of benzene rings is 1. The average molecular weight is 310 g/mol. The van der Waals surface area contributed by atoms with Crippen LogP contribution in [0.4, 0.5) is 5.69 Å². The molecule has 19 heavy (non-hydrogen) atoms. The number of nitrogens with zero attached hydrogens (tertiary/aromatic N) is 1. The highest BCUT2D eigenvalue weighted by Gasteiger charge is 2.23. The van der Waals surface area contributed by atoms with Gasteiger partial charge in [-0.15, -0.1) is 11.3 Å². The van der Waals surface area contributed by atoms with Crippen molar-refractivity contribution >= 4 is 52.2 Å². The van der Waals surface area contributed by atoms with Gasteiger partial charge in [0, 0.05) is 11.6 Å². The van der Waals surface area contributed by atoms with Crippen molar-refractivity contribution in [2.45, 2.75) is 0 Å². The zero-order valence-electron chi connectivity index (χ0n) is 9.77. The maximum atomic E-state index is 12.6. The van der Waals surface area contributed by atoms with Crippen LogP contribution in [0.25, 0.3) is 6.08 Å². The Balaban J connectivity index is 1.99. The van der Waals surface area contributed by atoms with Gasteiger partial charge in [-0.2, -0.15) is 0 Å². The Hall–Kier alpha value is -1.29. The Morgan fingerprint density at radius 3 is 2.89 bits per heavy atom. The number of hydrogen-bond acceptors (Lipinski definition) is 2. The van der Waals surface area contributed by atoms with Gasteiger partial charge in [0.05, 0.1) is 21.2 Å². The first-order chi connectivity index (χ1) is 9.16. The van der Waals surface area contributed by atoms with Gasteiger partial charge in [-0.05, 0) is 35.7 Å². The molecule has 0 fully saturated rings. The van der Waals surface area contributed by atoms with Crippen LogP contribution in [0.3, 0.4) is 0 Å². The van der Waals surface area contributed by atoms with Crippen molar-refractivity contribution in [1.82, 2.24) is 0 Å². The van der Waals surface area contributed by atoms with Crippen LogP contribution in [0.2, 0.25) is 10.0 Å². The molecule has 1 aromatic carbocycles. The Morgan fingerprint density at radius 1 is 1.26 bits per heavy atom. The van der Waals surface area contributed by atoms with Crippen molar-refractivity contribution in [1.29, 1.82) is 0 Å². The zero-order chi connectivity index (χ0) is 13.4. The van der Waals surface area contributed by atoms with Crippen molar-refractivity contribution in [3.8, 4) is 0 Å². The molecular formula is C14H9Cl2NOS. The molecular weight excluding hydrogens is 301 g/mol. The molecule has 1 amide bonds. The van der Waals surface area contributed by atoms with Gasteiger partial charge in [0.15, 0.2) is 0 Å². The zero-order valence-corrected chi connectivity index (χ0v) is 12.1. The Morgan fingerprint density at radius 2 is 2.11 bits per heavy atom. The number of thiophene rings is 1. The number of hydrogen-bond donors (Lipinski definition) is 0. The molecule has 0 unspecified atom stereocenters. The van der Waals surface area contributed by atoms with E-state index in [0.717, 1.165) is 10.6 Å². The summed E-state index contributed by atoms with van der Waals surface area (Å²) in [5.41, 5.74) is 1.40. The van der Waals surface area contributed by atoms with Crippen molar-refractivity contribution < 1.29 is 4.79 Å². The first kappa shape index (κ1) is 12.7. The summed E-state index contributed by atoms with van der Waals surface area (Å²) in [5, 5.41) is 2.88. The predicted molar refractivity (Wildman–Crippen MR) is 81.5 cm³/mol. The Bertz CT molecular complexity index is 678. The summed E-state index contributed by atoms with van der Waals surface area (Å²) in [6.45, 7) is 0.557. The molecule has 0 saturated carbocycles. The third kappa shape index (κ3) is 2.29. The molecule has 1 aliphatic heterocycles. The molecule has 0 aliphatic carbocycles. The van der Waals surface area contributed by atoms with Crippen LogP contribution < -0.4 is 4.90 Å². The third-order valence-electron chi connectivity index (χ3n) is 2.93. The molecule has 0 N–H and O–H groups in total. The lowest BCUT2D eigenvalue weighted by atomic mass is 10.1. The van der Waals surface area contributed by atoms with E-state index in [9.17, 15) is 4.79 Å². The fraction of sp³-hybridized carbons (Fsp3) is 0.0714. The van der Waals surface area contributed by atoms with Crippen LogP contribution in [0.5, 0.6) is 0 Å². The highest BCUT2D eigenvalue weighted by molar-refractivity contribution is 7.11. The second-order valence-electron chi connectivity index (χ2n) is 4.11. The lowest BCUT2D eigenvalue weighted by Gasteiger charge is -2.24. The third-order valence-corrected chi connectivity index (χ3v) is 4.35. The van der Waals surface area contributed by atoms with Gasteiger partial charge in [-0.25, -0.2) is 0 Å². The van der Waals surface area contributed by atoms with Crippen LogP contribution in [0.15, 0.2) is 35.7 Å².